The second-order valence-electron chi connectivity index (χ2n) is 12.2. The molecular formula is C34H46N+. The first-order valence-corrected chi connectivity index (χ1v) is 13.7. The summed E-state index contributed by atoms with van der Waals surface area (Å²) in [6.45, 7) is 25.8. The Labute approximate surface area is 214 Å². The smallest absolute Gasteiger partial charge is 0.194 e. The molecule has 35 heavy (non-hydrogen) atoms. The number of aromatic nitrogens is 1. The first-order valence-electron chi connectivity index (χ1n) is 13.7. The molecule has 3 aromatic rings. The summed E-state index contributed by atoms with van der Waals surface area (Å²) in [7, 11) is 0. The molecule has 186 valence electrons. The SMILES string of the molecule is CC.CCC1C(C)c2cc3c(cc2-c2cc(C)c(-c4ccccc4)c[n+]21)C(C)(C)C(C)(C)C3(C)C. The van der Waals surface area contributed by atoms with E-state index in [1.165, 1.54) is 39.1 Å². The van der Waals surface area contributed by atoms with E-state index in [1.54, 1.807) is 5.56 Å². The van der Waals surface area contributed by atoms with Crippen LogP contribution >= 0.6 is 0 Å². The first kappa shape index (κ1) is 25.7. The Morgan fingerprint density at radius 1 is 0.800 bits per heavy atom. The summed E-state index contributed by atoms with van der Waals surface area (Å²) in [5.74, 6) is 0.488. The first-order chi connectivity index (χ1) is 16.4. The third kappa shape index (κ3) is 3.45. The molecule has 1 aromatic heterocycles. The van der Waals surface area contributed by atoms with Crippen LogP contribution in [-0.2, 0) is 10.8 Å². The maximum Gasteiger partial charge on any atom is 0.213 e. The monoisotopic (exact) mass is 468 g/mol. The molecule has 0 fully saturated rings. The molecule has 1 aliphatic carbocycles. The fourth-order valence-electron chi connectivity index (χ4n) is 6.78. The van der Waals surface area contributed by atoms with Gasteiger partial charge in [0.15, 0.2) is 12.2 Å². The van der Waals surface area contributed by atoms with Crippen molar-refractivity contribution in [2.24, 2.45) is 5.41 Å². The number of hydrogen-bond acceptors (Lipinski definition) is 0. The Hall–Kier alpha value is -2.41. The Balaban J connectivity index is 0.00000141. The van der Waals surface area contributed by atoms with E-state index < -0.39 is 0 Å². The van der Waals surface area contributed by atoms with Crippen molar-refractivity contribution in [3.05, 3.63) is 77.0 Å². The lowest BCUT2D eigenvalue weighted by Crippen LogP contribution is -2.47. The molecule has 2 aromatic carbocycles. The van der Waals surface area contributed by atoms with Crippen molar-refractivity contribution in [1.29, 1.82) is 0 Å². The van der Waals surface area contributed by atoms with Gasteiger partial charge in [0.05, 0.1) is 5.56 Å². The number of hydrogen-bond donors (Lipinski definition) is 0. The molecular weight excluding hydrogens is 422 g/mol. The highest BCUT2D eigenvalue weighted by atomic mass is 15.0. The third-order valence-electron chi connectivity index (χ3n) is 10.2. The highest BCUT2D eigenvalue weighted by Gasteiger charge is 2.57. The lowest BCUT2D eigenvalue weighted by atomic mass is 9.59. The topological polar surface area (TPSA) is 3.88 Å². The van der Waals surface area contributed by atoms with Crippen LogP contribution in [0.4, 0.5) is 0 Å². The van der Waals surface area contributed by atoms with Crippen LogP contribution in [0.25, 0.3) is 22.4 Å². The number of nitrogens with zero attached hydrogens (tertiary/aromatic N) is 1. The van der Waals surface area contributed by atoms with E-state index in [9.17, 15) is 0 Å². The maximum atomic E-state index is 2.60. The number of fused-ring (bicyclic) bond motifs is 4. The zero-order valence-electron chi connectivity index (χ0n) is 24.0. The molecule has 1 nitrogen and oxygen atoms in total. The van der Waals surface area contributed by atoms with Crippen LogP contribution in [0.1, 0.15) is 110 Å². The molecule has 1 heteroatoms. The number of pyridine rings is 1. The second kappa shape index (κ2) is 8.61. The van der Waals surface area contributed by atoms with Crippen LogP contribution in [0.3, 0.4) is 0 Å². The van der Waals surface area contributed by atoms with Crippen molar-refractivity contribution >= 4 is 0 Å². The summed E-state index contributed by atoms with van der Waals surface area (Å²) in [5, 5.41) is 0. The molecule has 2 aliphatic rings. The van der Waals surface area contributed by atoms with Crippen LogP contribution in [0.5, 0.6) is 0 Å². The van der Waals surface area contributed by atoms with Gasteiger partial charge in [0.1, 0.15) is 0 Å². The minimum absolute atomic E-state index is 0.121. The molecule has 0 spiro atoms. The molecule has 2 unspecified atom stereocenters. The minimum Gasteiger partial charge on any atom is -0.194 e. The fraction of sp³-hybridized carbons (Fsp3) is 0.500. The van der Waals surface area contributed by atoms with Gasteiger partial charge in [-0.3, -0.25) is 0 Å². The van der Waals surface area contributed by atoms with E-state index in [4.69, 9.17) is 0 Å². The van der Waals surface area contributed by atoms with Gasteiger partial charge in [-0.15, -0.1) is 0 Å². The normalized spacial score (nSPS) is 22.4. The second-order valence-corrected chi connectivity index (χ2v) is 12.2. The number of aryl methyl sites for hydroxylation is 1. The highest BCUT2D eigenvalue weighted by molar-refractivity contribution is 5.73. The third-order valence-corrected chi connectivity index (χ3v) is 10.2. The van der Waals surface area contributed by atoms with Crippen LogP contribution in [0.2, 0.25) is 0 Å². The van der Waals surface area contributed by atoms with E-state index in [0.29, 0.717) is 12.0 Å². The van der Waals surface area contributed by atoms with Crippen molar-refractivity contribution in [2.45, 2.75) is 105 Å². The Morgan fingerprint density at radius 2 is 1.37 bits per heavy atom. The standard InChI is InChI=1S/C32H40N.C2H6/c1-10-28-21(3)23-17-26-27(31(6,7)32(8,9)30(26,4)5)18-24(23)29-16-20(2)25(19-33(28)29)22-14-12-11-13-15-22;1-2/h11-19,21,28H,10H2,1-9H3;1-2H3/q+1;. The van der Waals surface area contributed by atoms with Gasteiger partial charge < -0.3 is 0 Å². The van der Waals surface area contributed by atoms with Gasteiger partial charge in [0, 0.05) is 24.0 Å². The maximum absolute atomic E-state index is 2.60. The van der Waals surface area contributed by atoms with Gasteiger partial charge >= 0.3 is 0 Å². The van der Waals surface area contributed by atoms with E-state index in [-0.39, 0.29) is 16.2 Å². The molecule has 0 bridgehead atoms. The lowest BCUT2D eigenvalue weighted by molar-refractivity contribution is -0.717. The van der Waals surface area contributed by atoms with Gasteiger partial charge in [-0.1, -0.05) is 106 Å². The van der Waals surface area contributed by atoms with Gasteiger partial charge in [-0.25, -0.2) is 0 Å². The quantitative estimate of drug-likeness (QED) is 0.330. The van der Waals surface area contributed by atoms with Gasteiger partial charge in [0.2, 0.25) is 5.69 Å². The van der Waals surface area contributed by atoms with Gasteiger partial charge in [-0.2, -0.15) is 4.57 Å². The zero-order chi connectivity index (χ0) is 25.9. The van der Waals surface area contributed by atoms with E-state index >= 15 is 0 Å². The van der Waals surface area contributed by atoms with Crippen molar-refractivity contribution < 1.29 is 4.57 Å². The summed E-state index contributed by atoms with van der Waals surface area (Å²) in [6.07, 6.45) is 3.56. The summed E-state index contributed by atoms with van der Waals surface area (Å²) >= 11 is 0. The molecule has 0 amide bonds. The fourth-order valence-corrected chi connectivity index (χ4v) is 6.78. The Morgan fingerprint density at radius 3 is 1.94 bits per heavy atom. The van der Waals surface area contributed by atoms with Crippen molar-refractivity contribution in [1.82, 2.24) is 0 Å². The highest BCUT2D eigenvalue weighted by Crippen LogP contribution is 2.62. The largest absolute Gasteiger partial charge is 0.213 e. The molecule has 5 rings (SSSR count). The van der Waals surface area contributed by atoms with Crippen molar-refractivity contribution in [2.75, 3.05) is 0 Å². The van der Waals surface area contributed by atoms with Crippen LogP contribution in [-0.4, -0.2) is 0 Å². The van der Waals surface area contributed by atoms with E-state index in [0.717, 1.165) is 6.42 Å². The lowest BCUT2D eigenvalue weighted by Gasteiger charge is -2.44. The number of rotatable bonds is 2. The summed E-state index contributed by atoms with van der Waals surface area (Å²) in [4.78, 5) is 0. The van der Waals surface area contributed by atoms with Crippen molar-refractivity contribution in [3.63, 3.8) is 0 Å². The molecule has 0 radical (unpaired) electrons. The summed E-state index contributed by atoms with van der Waals surface area (Å²) in [5.41, 5.74) is 11.9. The molecule has 2 heterocycles. The molecule has 1 aliphatic heterocycles. The van der Waals surface area contributed by atoms with Crippen LogP contribution in [0.15, 0.2) is 54.7 Å². The summed E-state index contributed by atoms with van der Waals surface area (Å²) in [6, 6.07) is 18.9. The van der Waals surface area contributed by atoms with Gasteiger partial charge in [-0.05, 0) is 57.1 Å². The Bertz CT molecular complexity index is 1240. The number of benzene rings is 2. The van der Waals surface area contributed by atoms with Crippen LogP contribution in [0, 0.1) is 12.3 Å². The molecule has 0 saturated carbocycles. The van der Waals surface area contributed by atoms with Gasteiger partial charge in [0.25, 0.3) is 0 Å². The molecule has 2 atom stereocenters. The molecule has 0 N–H and O–H groups in total. The predicted octanol–water partition coefficient (Wildman–Crippen LogP) is 9.31. The average molecular weight is 469 g/mol. The van der Waals surface area contributed by atoms with E-state index in [1.807, 2.05) is 13.8 Å². The molecule has 0 saturated heterocycles. The van der Waals surface area contributed by atoms with Crippen molar-refractivity contribution in [3.8, 4) is 22.4 Å². The summed E-state index contributed by atoms with van der Waals surface area (Å²) < 4.78 is 2.59. The minimum atomic E-state index is 0.121. The van der Waals surface area contributed by atoms with Crippen LogP contribution < -0.4 is 4.57 Å². The average Bonchev–Trinajstić information content (AvgIpc) is 2.94. The predicted molar refractivity (Wildman–Crippen MR) is 151 cm³/mol. The van der Waals surface area contributed by atoms with E-state index in [2.05, 4.69) is 122 Å². The zero-order valence-corrected chi connectivity index (χ0v) is 24.0. The Kier molecular flexibility index (Phi) is 6.32.